The molecule has 1 heterocycles. The van der Waals surface area contributed by atoms with Gasteiger partial charge in [-0.25, -0.2) is 14.0 Å². The van der Waals surface area contributed by atoms with E-state index in [1.807, 2.05) is 20.8 Å². The topological polar surface area (TPSA) is 88.1 Å². The number of hydrogen-bond donors (Lipinski definition) is 2. The van der Waals surface area contributed by atoms with Crippen molar-refractivity contribution in [1.82, 2.24) is 10.2 Å². The van der Waals surface area contributed by atoms with Crippen molar-refractivity contribution in [2.45, 2.75) is 38.8 Å². The zero-order chi connectivity index (χ0) is 21.1. The average molecular weight is 482 g/mol. The molecule has 2 N–H and O–H groups in total. The number of rotatable bonds is 5. The predicted molar refractivity (Wildman–Crippen MR) is 106 cm³/mol. The van der Waals surface area contributed by atoms with Gasteiger partial charge in [-0.15, -0.1) is 0 Å². The van der Waals surface area contributed by atoms with Crippen LogP contribution in [-0.4, -0.2) is 60.0 Å². The summed E-state index contributed by atoms with van der Waals surface area (Å²) >= 11 is 9.01. The van der Waals surface area contributed by atoms with Crippen molar-refractivity contribution in [1.29, 1.82) is 0 Å². The van der Waals surface area contributed by atoms with E-state index in [1.165, 1.54) is 0 Å². The Morgan fingerprint density at radius 3 is 2.75 bits per heavy atom. The molecule has 2 rings (SSSR count). The summed E-state index contributed by atoms with van der Waals surface area (Å²) in [5, 5.41) is 12.4. The first-order valence-corrected chi connectivity index (χ1v) is 9.91. The number of carboxylic acid groups (broad SMARTS) is 1. The lowest BCUT2D eigenvalue weighted by Gasteiger charge is -2.34. The maximum absolute atomic E-state index is 13.7. The lowest BCUT2D eigenvalue weighted by molar-refractivity contribution is 0.0187. The summed E-state index contributed by atoms with van der Waals surface area (Å²) in [5.74, 6) is -2.21. The number of carbonyl (C=O) groups excluding carboxylic acids is 1. The smallest absolute Gasteiger partial charge is 0.410 e. The highest BCUT2D eigenvalue weighted by Crippen LogP contribution is 2.37. The van der Waals surface area contributed by atoms with Gasteiger partial charge in [-0.3, -0.25) is 0 Å². The highest BCUT2D eigenvalue weighted by atomic mass is 79.9. The number of hydrogen-bond acceptors (Lipinski definition) is 5. The average Bonchev–Trinajstić information content (AvgIpc) is 2.60. The molecule has 1 fully saturated rings. The number of benzene rings is 1. The largest absolute Gasteiger partial charge is 0.491 e. The van der Waals surface area contributed by atoms with Crippen molar-refractivity contribution >= 4 is 39.6 Å². The third-order valence-electron chi connectivity index (χ3n) is 3.97. The number of amides is 1. The molecule has 0 saturated carbocycles. The highest BCUT2D eigenvalue weighted by Gasteiger charge is 2.28. The van der Waals surface area contributed by atoms with Gasteiger partial charge in [0.2, 0.25) is 0 Å². The number of piperazine rings is 1. The molecule has 156 valence electrons. The Kier molecular flexibility index (Phi) is 7.52. The fraction of sp³-hybridized carbons (Fsp3) is 0.556. The molecule has 0 spiro atoms. The van der Waals surface area contributed by atoms with Gasteiger partial charge in [-0.1, -0.05) is 11.6 Å². The highest BCUT2D eigenvalue weighted by molar-refractivity contribution is 9.10. The van der Waals surface area contributed by atoms with Crippen molar-refractivity contribution in [2.75, 3.05) is 26.2 Å². The molecule has 1 atom stereocenters. The van der Waals surface area contributed by atoms with Crippen LogP contribution in [0.5, 0.6) is 5.75 Å². The summed E-state index contributed by atoms with van der Waals surface area (Å²) in [7, 11) is 0. The number of ether oxygens (including phenoxy) is 2. The van der Waals surface area contributed by atoms with Crippen LogP contribution in [0.1, 0.15) is 37.6 Å². The van der Waals surface area contributed by atoms with Crippen molar-refractivity contribution in [3.8, 4) is 5.75 Å². The van der Waals surface area contributed by atoms with E-state index in [2.05, 4.69) is 21.2 Å². The van der Waals surface area contributed by atoms with Crippen LogP contribution in [0.3, 0.4) is 0 Å². The molecule has 1 aliphatic rings. The minimum Gasteiger partial charge on any atom is -0.491 e. The molecule has 0 aliphatic carbocycles. The van der Waals surface area contributed by atoms with E-state index in [0.29, 0.717) is 26.1 Å². The molecule has 1 aromatic carbocycles. The summed E-state index contributed by atoms with van der Waals surface area (Å²) in [6.45, 7) is 7.14. The Morgan fingerprint density at radius 1 is 1.46 bits per heavy atom. The van der Waals surface area contributed by atoms with Crippen molar-refractivity contribution < 1.29 is 28.6 Å². The van der Waals surface area contributed by atoms with Crippen molar-refractivity contribution in [2.24, 2.45) is 0 Å². The minimum absolute atomic E-state index is 0.0546. The number of nitrogens with one attached hydrogen (secondary N) is 1. The SMILES string of the molecule is CC(C)(C)OC(=O)N1CCN[C@@H](CCOc2c(C(=O)O)cc(F)c(Br)c2Cl)C1. The lowest BCUT2D eigenvalue weighted by Crippen LogP contribution is -2.53. The van der Waals surface area contributed by atoms with Crippen LogP contribution in [0, 0.1) is 5.82 Å². The van der Waals surface area contributed by atoms with Gasteiger partial charge in [0.05, 0.1) is 11.1 Å². The fourth-order valence-corrected chi connectivity index (χ4v) is 3.23. The van der Waals surface area contributed by atoms with Gasteiger partial charge in [0.1, 0.15) is 22.0 Å². The van der Waals surface area contributed by atoms with Crippen LogP contribution in [0.15, 0.2) is 10.5 Å². The number of halogens is 3. The predicted octanol–water partition coefficient (Wildman–Crippen LogP) is 3.92. The van der Waals surface area contributed by atoms with Crippen LogP contribution in [0.4, 0.5) is 9.18 Å². The molecule has 1 amide bonds. The van der Waals surface area contributed by atoms with E-state index < -0.39 is 17.4 Å². The minimum atomic E-state index is -1.34. The molecule has 0 radical (unpaired) electrons. The van der Waals surface area contributed by atoms with Crippen LogP contribution in [-0.2, 0) is 4.74 Å². The maximum Gasteiger partial charge on any atom is 0.410 e. The third kappa shape index (κ3) is 5.96. The van der Waals surface area contributed by atoms with E-state index in [9.17, 15) is 19.1 Å². The summed E-state index contributed by atoms with van der Waals surface area (Å²) in [6.07, 6.45) is 0.113. The second-order valence-corrected chi connectivity index (χ2v) is 8.55. The first-order chi connectivity index (χ1) is 13.0. The molecule has 1 aliphatic heterocycles. The van der Waals surface area contributed by atoms with Gasteiger partial charge in [0.25, 0.3) is 0 Å². The van der Waals surface area contributed by atoms with Gasteiger partial charge < -0.3 is 24.8 Å². The Hall–Kier alpha value is -1.58. The van der Waals surface area contributed by atoms with E-state index in [4.69, 9.17) is 21.1 Å². The lowest BCUT2D eigenvalue weighted by atomic mass is 10.1. The van der Waals surface area contributed by atoms with Gasteiger partial charge in [-0.05, 0) is 49.2 Å². The fourth-order valence-electron chi connectivity index (χ4n) is 2.69. The second-order valence-electron chi connectivity index (χ2n) is 7.38. The Morgan fingerprint density at radius 2 is 2.14 bits per heavy atom. The summed E-state index contributed by atoms with van der Waals surface area (Å²) in [6, 6.07) is 0.800. The van der Waals surface area contributed by atoms with Crippen molar-refractivity contribution in [3.05, 3.63) is 26.9 Å². The van der Waals surface area contributed by atoms with E-state index in [1.54, 1.807) is 4.90 Å². The number of carboxylic acids is 1. The number of nitrogens with zero attached hydrogens (tertiary/aromatic N) is 1. The summed E-state index contributed by atoms with van der Waals surface area (Å²) in [4.78, 5) is 25.2. The molecular formula is C18H23BrClFN2O5. The van der Waals surface area contributed by atoms with E-state index in [-0.39, 0.29) is 39.6 Å². The number of carbonyl (C=O) groups is 2. The monoisotopic (exact) mass is 480 g/mol. The van der Waals surface area contributed by atoms with Crippen LogP contribution in [0.25, 0.3) is 0 Å². The normalized spacial score (nSPS) is 17.4. The summed E-state index contributed by atoms with van der Waals surface area (Å²) in [5.41, 5.74) is -0.918. The van der Waals surface area contributed by atoms with Crippen LogP contribution < -0.4 is 10.1 Å². The molecule has 0 aromatic heterocycles. The zero-order valence-electron chi connectivity index (χ0n) is 15.9. The van der Waals surface area contributed by atoms with Crippen molar-refractivity contribution in [3.63, 3.8) is 0 Å². The molecule has 1 aromatic rings. The van der Waals surface area contributed by atoms with Crippen LogP contribution in [0.2, 0.25) is 5.02 Å². The first-order valence-electron chi connectivity index (χ1n) is 8.74. The molecule has 10 heteroatoms. The third-order valence-corrected chi connectivity index (χ3v) is 5.33. The van der Waals surface area contributed by atoms with Gasteiger partial charge in [0, 0.05) is 25.7 Å². The van der Waals surface area contributed by atoms with Gasteiger partial charge in [0.15, 0.2) is 5.75 Å². The standard InChI is InChI=1S/C18H23BrClFN2O5/c1-18(2,3)28-17(26)23-6-5-22-10(9-23)4-7-27-15-11(16(24)25)8-12(21)13(19)14(15)20/h8,10,22H,4-7,9H2,1-3H3,(H,24,25)/t10-/m0/s1. The maximum atomic E-state index is 13.7. The quantitative estimate of drug-likeness (QED) is 0.620. The molecule has 0 unspecified atom stereocenters. The Bertz CT molecular complexity index is 756. The molecule has 28 heavy (non-hydrogen) atoms. The van der Waals surface area contributed by atoms with Crippen LogP contribution >= 0.6 is 27.5 Å². The Balaban J connectivity index is 1.97. The first kappa shape index (κ1) is 22.7. The molecule has 1 saturated heterocycles. The van der Waals surface area contributed by atoms with Gasteiger partial charge >= 0.3 is 12.1 Å². The van der Waals surface area contributed by atoms with E-state index in [0.717, 1.165) is 6.07 Å². The molecule has 7 nitrogen and oxygen atoms in total. The summed E-state index contributed by atoms with van der Waals surface area (Å²) < 4.78 is 24.6. The zero-order valence-corrected chi connectivity index (χ0v) is 18.2. The molecule has 0 bridgehead atoms. The number of aromatic carboxylic acids is 1. The second kappa shape index (κ2) is 9.28. The Labute approximate surface area is 176 Å². The van der Waals surface area contributed by atoms with E-state index >= 15 is 0 Å². The molecular weight excluding hydrogens is 459 g/mol. The van der Waals surface area contributed by atoms with Gasteiger partial charge in [-0.2, -0.15) is 0 Å².